The summed E-state index contributed by atoms with van der Waals surface area (Å²) in [5, 5.41) is 3.40. The molecule has 0 amide bonds. The Morgan fingerprint density at radius 3 is 2.62 bits per heavy atom. The van der Waals surface area contributed by atoms with Crippen LogP contribution in [0.2, 0.25) is 0 Å². The normalized spacial score (nSPS) is 12.2. The molecule has 0 aromatic heterocycles. The van der Waals surface area contributed by atoms with Crippen LogP contribution in [0, 0.1) is 12.7 Å². The van der Waals surface area contributed by atoms with E-state index in [2.05, 4.69) is 28.2 Å². The summed E-state index contributed by atoms with van der Waals surface area (Å²) in [4.78, 5) is 0. The number of ether oxygens (including phenoxy) is 1. The molecular weight excluding hydrogens is 333 g/mol. The zero-order valence-electron chi connectivity index (χ0n) is 12.4. The molecule has 1 atom stereocenters. The van der Waals surface area contributed by atoms with E-state index < -0.39 is 0 Å². The highest BCUT2D eigenvalue weighted by molar-refractivity contribution is 9.10. The first-order valence-electron chi connectivity index (χ1n) is 6.83. The van der Waals surface area contributed by atoms with Gasteiger partial charge in [-0.05, 0) is 64.7 Å². The first kappa shape index (κ1) is 16.0. The molecule has 0 spiro atoms. The van der Waals surface area contributed by atoms with E-state index >= 15 is 0 Å². The minimum atomic E-state index is -0.158. The molecule has 0 aliphatic rings. The monoisotopic (exact) mass is 351 g/mol. The second kappa shape index (κ2) is 7.05. The van der Waals surface area contributed by atoms with E-state index in [-0.39, 0.29) is 11.9 Å². The largest absolute Gasteiger partial charge is 0.496 e. The first-order chi connectivity index (χ1) is 10.0. The molecule has 21 heavy (non-hydrogen) atoms. The molecule has 1 unspecified atom stereocenters. The number of halogens is 2. The summed E-state index contributed by atoms with van der Waals surface area (Å²) in [7, 11) is 1.65. The Morgan fingerprint density at radius 1 is 1.24 bits per heavy atom. The summed E-state index contributed by atoms with van der Waals surface area (Å²) in [5.74, 6) is 0.653. The minimum Gasteiger partial charge on any atom is -0.496 e. The topological polar surface area (TPSA) is 21.3 Å². The Kier molecular flexibility index (Phi) is 5.37. The predicted octanol–water partition coefficient (Wildman–Crippen LogP) is 4.76. The van der Waals surface area contributed by atoms with Gasteiger partial charge in [0.25, 0.3) is 0 Å². The standard InChI is InChI=1S/C17H19BrFNO/c1-11-4-5-13(8-16(11)19)10-20-12(2)14-6-7-17(21-3)15(18)9-14/h4-9,12,20H,10H2,1-3H3. The highest BCUT2D eigenvalue weighted by Gasteiger charge is 2.08. The van der Waals surface area contributed by atoms with Gasteiger partial charge in [-0.2, -0.15) is 0 Å². The van der Waals surface area contributed by atoms with Crippen molar-refractivity contribution in [2.75, 3.05) is 7.11 Å². The maximum absolute atomic E-state index is 13.5. The van der Waals surface area contributed by atoms with Crippen LogP contribution in [0.15, 0.2) is 40.9 Å². The fourth-order valence-corrected chi connectivity index (χ4v) is 2.65. The summed E-state index contributed by atoms with van der Waals surface area (Å²) < 4.78 is 19.7. The quantitative estimate of drug-likeness (QED) is 0.838. The molecule has 0 bridgehead atoms. The van der Waals surface area contributed by atoms with Crippen molar-refractivity contribution in [2.24, 2.45) is 0 Å². The molecule has 2 aromatic carbocycles. The summed E-state index contributed by atoms with van der Waals surface area (Å²) in [6.45, 7) is 4.48. The SMILES string of the molecule is COc1ccc(C(C)NCc2ccc(C)c(F)c2)cc1Br. The molecule has 0 radical (unpaired) electrons. The molecule has 0 saturated carbocycles. The Bertz CT molecular complexity index is 630. The highest BCUT2D eigenvalue weighted by atomic mass is 79.9. The van der Waals surface area contributed by atoms with E-state index in [9.17, 15) is 4.39 Å². The number of nitrogens with one attached hydrogen (secondary N) is 1. The molecule has 4 heteroatoms. The number of rotatable bonds is 5. The average Bonchev–Trinajstić information content (AvgIpc) is 2.48. The van der Waals surface area contributed by atoms with Crippen LogP contribution in [0.4, 0.5) is 4.39 Å². The average molecular weight is 352 g/mol. The Morgan fingerprint density at radius 2 is 2.00 bits per heavy atom. The van der Waals surface area contributed by atoms with Crippen LogP contribution in [-0.2, 0) is 6.54 Å². The number of aryl methyl sites for hydroxylation is 1. The molecule has 2 nitrogen and oxygen atoms in total. The van der Waals surface area contributed by atoms with Gasteiger partial charge >= 0.3 is 0 Å². The van der Waals surface area contributed by atoms with E-state index in [0.29, 0.717) is 12.1 Å². The van der Waals surface area contributed by atoms with Crippen LogP contribution in [-0.4, -0.2) is 7.11 Å². The zero-order chi connectivity index (χ0) is 15.4. The van der Waals surface area contributed by atoms with E-state index in [1.165, 1.54) is 0 Å². The van der Waals surface area contributed by atoms with Crippen molar-refractivity contribution < 1.29 is 9.13 Å². The van der Waals surface area contributed by atoms with Crippen LogP contribution in [0.5, 0.6) is 5.75 Å². The molecule has 2 rings (SSSR count). The number of hydrogen-bond donors (Lipinski definition) is 1. The van der Waals surface area contributed by atoms with E-state index in [4.69, 9.17) is 4.74 Å². The maximum atomic E-state index is 13.5. The first-order valence-corrected chi connectivity index (χ1v) is 7.62. The van der Waals surface area contributed by atoms with Crippen molar-refractivity contribution >= 4 is 15.9 Å². The Labute approximate surface area is 133 Å². The molecular formula is C17H19BrFNO. The van der Waals surface area contributed by atoms with Gasteiger partial charge in [-0.25, -0.2) is 4.39 Å². The Balaban J connectivity index is 2.02. The van der Waals surface area contributed by atoms with Gasteiger partial charge in [-0.1, -0.05) is 18.2 Å². The van der Waals surface area contributed by atoms with E-state index in [1.54, 1.807) is 26.2 Å². The summed E-state index contributed by atoms with van der Waals surface area (Å²) >= 11 is 3.49. The van der Waals surface area contributed by atoms with E-state index in [1.807, 2.05) is 24.3 Å². The fourth-order valence-electron chi connectivity index (χ4n) is 2.09. The van der Waals surface area contributed by atoms with Crippen LogP contribution < -0.4 is 10.1 Å². The zero-order valence-corrected chi connectivity index (χ0v) is 14.0. The van der Waals surface area contributed by atoms with Gasteiger partial charge in [-0.3, -0.25) is 0 Å². The second-order valence-corrected chi connectivity index (χ2v) is 5.93. The van der Waals surface area contributed by atoms with Crippen molar-refractivity contribution in [3.05, 3.63) is 63.4 Å². The molecule has 0 fully saturated rings. The van der Waals surface area contributed by atoms with Gasteiger partial charge < -0.3 is 10.1 Å². The lowest BCUT2D eigenvalue weighted by atomic mass is 10.1. The van der Waals surface area contributed by atoms with Gasteiger partial charge in [-0.15, -0.1) is 0 Å². The molecule has 0 aliphatic heterocycles. The third-order valence-electron chi connectivity index (χ3n) is 3.52. The maximum Gasteiger partial charge on any atom is 0.133 e. The smallest absolute Gasteiger partial charge is 0.133 e. The summed E-state index contributed by atoms with van der Waals surface area (Å²) in [6, 6.07) is 11.5. The lowest BCUT2D eigenvalue weighted by Crippen LogP contribution is -2.18. The molecule has 0 aliphatic carbocycles. The fraction of sp³-hybridized carbons (Fsp3) is 0.294. The highest BCUT2D eigenvalue weighted by Crippen LogP contribution is 2.28. The molecule has 2 aromatic rings. The van der Waals surface area contributed by atoms with Crippen molar-refractivity contribution in [1.29, 1.82) is 0 Å². The third kappa shape index (κ3) is 4.05. The van der Waals surface area contributed by atoms with Gasteiger partial charge in [0.05, 0.1) is 11.6 Å². The minimum absolute atomic E-state index is 0.158. The van der Waals surface area contributed by atoms with Crippen molar-refractivity contribution in [3.63, 3.8) is 0 Å². The lowest BCUT2D eigenvalue weighted by molar-refractivity contribution is 0.411. The van der Waals surface area contributed by atoms with Gasteiger partial charge in [0.1, 0.15) is 11.6 Å². The van der Waals surface area contributed by atoms with Crippen molar-refractivity contribution in [1.82, 2.24) is 5.32 Å². The van der Waals surface area contributed by atoms with Crippen molar-refractivity contribution in [3.8, 4) is 5.75 Å². The number of methoxy groups -OCH3 is 1. The number of benzene rings is 2. The molecule has 0 heterocycles. The summed E-state index contributed by atoms with van der Waals surface area (Å²) in [6.07, 6.45) is 0. The second-order valence-electron chi connectivity index (χ2n) is 5.08. The molecule has 0 saturated heterocycles. The lowest BCUT2D eigenvalue weighted by Gasteiger charge is -2.16. The van der Waals surface area contributed by atoms with Gasteiger partial charge in [0, 0.05) is 12.6 Å². The van der Waals surface area contributed by atoms with Crippen LogP contribution in [0.25, 0.3) is 0 Å². The molecule has 112 valence electrons. The predicted molar refractivity (Wildman–Crippen MR) is 87.1 cm³/mol. The van der Waals surface area contributed by atoms with E-state index in [0.717, 1.165) is 21.3 Å². The number of hydrogen-bond acceptors (Lipinski definition) is 2. The third-order valence-corrected chi connectivity index (χ3v) is 4.14. The van der Waals surface area contributed by atoms with Crippen molar-refractivity contribution in [2.45, 2.75) is 26.4 Å². The van der Waals surface area contributed by atoms with Crippen LogP contribution >= 0.6 is 15.9 Å². The Hall–Kier alpha value is -1.39. The van der Waals surface area contributed by atoms with Crippen LogP contribution in [0.3, 0.4) is 0 Å². The van der Waals surface area contributed by atoms with Gasteiger partial charge in [0.2, 0.25) is 0 Å². The summed E-state index contributed by atoms with van der Waals surface area (Å²) in [5.41, 5.74) is 2.76. The van der Waals surface area contributed by atoms with Gasteiger partial charge in [0.15, 0.2) is 0 Å². The molecule has 1 N–H and O–H groups in total. The van der Waals surface area contributed by atoms with Crippen LogP contribution in [0.1, 0.15) is 29.7 Å².